The highest BCUT2D eigenvalue weighted by atomic mass is 19.1. The Morgan fingerprint density at radius 1 is 1.00 bits per heavy atom. The first-order valence-electron chi connectivity index (χ1n) is 10.7. The lowest BCUT2D eigenvalue weighted by atomic mass is 9.73. The van der Waals surface area contributed by atoms with Gasteiger partial charge in [-0.2, -0.15) is 0 Å². The number of benzene rings is 2. The maximum atomic E-state index is 14.7. The Morgan fingerprint density at radius 2 is 1.73 bits per heavy atom. The van der Waals surface area contributed by atoms with Crippen LogP contribution in [0.1, 0.15) is 42.0 Å². The minimum atomic E-state index is -0.646. The van der Waals surface area contributed by atoms with Crippen LogP contribution in [-0.4, -0.2) is 48.7 Å². The number of piperidine rings is 3. The van der Waals surface area contributed by atoms with Crippen molar-refractivity contribution in [3.05, 3.63) is 70.8 Å². The molecule has 0 aromatic heterocycles. The zero-order valence-corrected chi connectivity index (χ0v) is 16.9. The molecule has 0 radical (unpaired) electrons. The molecule has 30 heavy (non-hydrogen) atoms. The summed E-state index contributed by atoms with van der Waals surface area (Å²) in [4.78, 5) is 17.2. The van der Waals surface area contributed by atoms with Crippen LogP contribution in [-0.2, 0) is 11.2 Å². The van der Waals surface area contributed by atoms with Gasteiger partial charge in [0.25, 0.3) is 0 Å². The molecule has 0 aliphatic carbocycles. The normalized spacial score (nSPS) is 27.6. The van der Waals surface area contributed by atoms with E-state index in [-0.39, 0.29) is 5.41 Å². The fourth-order valence-electron chi connectivity index (χ4n) is 5.23. The number of carbonyl (C=O) groups is 1. The first-order chi connectivity index (χ1) is 14.5. The van der Waals surface area contributed by atoms with Crippen molar-refractivity contribution in [2.45, 2.75) is 31.7 Å². The first-order valence-corrected chi connectivity index (χ1v) is 10.7. The predicted octanol–water partition coefficient (Wildman–Crippen LogP) is 4.53. The largest absolute Gasteiger partial charge is 0.449 e. The molecule has 6 rings (SSSR count). The maximum absolute atomic E-state index is 14.7. The fourth-order valence-corrected chi connectivity index (χ4v) is 5.23. The second-order valence-electron chi connectivity index (χ2n) is 8.86. The van der Waals surface area contributed by atoms with E-state index in [2.05, 4.69) is 4.90 Å². The quantitative estimate of drug-likeness (QED) is 0.742. The van der Waals surface area contributed by atoms with Gasteiger partial charge >= 0.3 is 6.09 Å². The van der Waals surface area contributed by atoms with Gasteiger partial charge in [-0.3, -0.25) is 4.90 Å². The Balaban J connectivity index is 1.42. The van der Waals surface area contributed by atoms with Crippen LogP contribution < -0.4 is 0 Å². The van der Waals surface area contributed by atoms with E-state index in [4.69, 9.17) is 4.74 Å². The smallest absolute Gasteiger partial charge is 0.410 e. The molecule has 3 fully saturated rings. The van der Waals surface area contributed by atoms with Crippen LogP contribution in [0.2, 0.25) is 0 Å². The molecule has 158 valence electrons. The van der Waals surface area contributed by atoms with Crippen molar-refractivity contribution in [2.75, 3.05) is 32.8 Å². The third-order valence-electron chi connectivity index (χ3n) is 7.15. The second-order valence-corrected chi connectivity index (χ2v) is 8.86. The number of nitrogens with zero attached hydrogens (tertiary/aromatic N) is 2. The standard InChI is InChI=1S/C24H26F2N2O2/c25-18-5-6-20(21(26)15-18)22-19-4-2-1-3-17(19)7-11-28(22)23(29)30-16-24-8-12-27(13-9-24)14-10-24/h1-6,15,22H,7-14,16H2/t22-/m1/s1. The molecule has 0 spiro atoms. The van der Waals surface area contributed by atoms with E-state index < -0.39 is 23.8 Å². The highest BCUT2D eigenvalue weighted by Crippen LogP contribution is 2.41. The SMILES string of the molecule is O=C(OCC12CCN(CC1)CC2)N1CCc2ccccc2[C@@H]1c1ccc(F)cc1F. The van der Waals surface area contributed by atoms with Crippen LogP contribution in [0, 0.1) is 17.0 Å². The van der Waals surface area contributed by atoms with Gasteiger partial charge in [0.05, 0.1) is 12.6 Å². The molecular formula is C24H26F2N2O2. The molecular weight excluding hydrogens is 386 g/mol. The van der Waals surface area contributed by atoms with Crippen LogP contribution in [0.4, 0.5) is 13.6 Å². The van der Waals surface area contributed by atoms with Crippen LogP contribution in [0.3, 0.4) is 0 Å². The van der Waals surface area contributed by atoms with Gasteiger partial charge in [-0.05, 0) is 62.5 Å². The minimum Gasteiger partial charge on any atom is -0.449 e. The molecule has 1 atom stereocenters. The van der Waals surface area contributed by atoms with Gasteiger partial charge in [0.2, 0.25) is 0 Å². The molecule has 4 nitrogen and oxygen atoms in total. The zero-order valence-electron chi connectivity index (χ0n) is 16.9. The van der Waals surface area contributed by atoms with Crippen LogP contribution in [0.25, 0.3) is 0 Å². The summed E-state index contributed by atoms with van der Waals surface area (Å²) in [5.41, 5.74) is 2.32. The molecule has 3 saturated heterocycles. The Morgan fingerprint density at radius 3 is 2.47 bits per heavy atom. The number of rotatable bonds is 3. The number of fused-ring (bicyclic) bond motifs is 4. The van der Waals surface area contributed by atoms with E-state index >= 15 is 0 Å². The van der Waals surface area contributed by atoms with Crippen molar-refractivity contribution in [3.8, 4) is 0 Å². The van der Waals surface area contributed by atoms with Gasteiger partial charge < -0.3 is 9.64 Å². The molecule has 2 aromatic carbocycles. The highest BCUT2D eigenvalue weighted by Gasteiger charge is 2.41. The molecule has 2 aromatic rings. The topological polar surface area (TPSA) is 32.8 Å². The summed E-state index contributed by atoms with van der Waals surface area (Å²) in [7, 11) is 0. The van der Waals surface area contributed by atoms with E-state index in [0.29, 0.717) is 25.1 Å². The van der Waals surface area contributed by atoms with Gasteiger partial charge in [-0.15, -0.1) is 0 Å². The summed E-state index contributed by atoms with van der Waals surface area (Å²) < 4.78 is 34.1. The lowest BCUT2D eigenvalue weighted by Crippen LogP contribution is -2.51. The third kappa shape index (κ3) is 3.47. The Bertz CT molecular complexity index is 942. The summed E-state index contributed by atoms with van der Waals surface area (Å²) in [6, 6.07) is 10.7. The zero-order chi connectivity index (χ0) is 20.7. The first kappa shape index (κ1) is 19.5. The van der Waals surface area contributed by atoms with Gasteiger partial charge in [-0.1, -0.05) is 30.3 Å². The van der Waals surface area contributed by atoms with E-state index in [0.717, 1.165) is 56.1 Å². The lowest BCUT2D eigenvalue weighted by molar-refractivity contribution is -0.0301. The Labute approximate surface area is 175 Å². The summed E-state index contributed by atoms with van der Waals surface area (Å²) in [5.74, 6) is -1.27. The van der Waals surface area contributed by atoms with E-state index in [1.165, 1.54) is 12.1 Å². The molecule has 1 amide bonds. The molecule has 4 aliphatic rings. The van der Waals surface area contributed by atoms with Gasteiger partial charge in [-0.25, -0.2) is 13.6 Å². The lowest BCUT2D eigenvalue weighted by Gasteiger charge is -2.48. The monoisotopic (exact) mass is 412 g/mol. The third-order valence-corrected chi connectivity index (χ3v) is 7.15. The number of carbonyl (C=O) groups excluding carboxylic acids is 1. The Hall–Kier alpha value is -2.47. The molecule has 4 aliphatic heterocycles. The summed E-state index contributed by atoms with van der Waals surface area (Å²) in [6.45, 7) is 4.06. The molecule has 2 bridgehead atoms. The van der Waals surface area contributed by atoms with Crippen LogP contribution in [0.15, 0.2) is 42.5 Å². The average Bonchev–Trinajstić information content (AvgIpc) is 2.78. The number of amides is 1. The van der Waals surface area contributed by atoms with Crippen molar-refractivity contribution in [1.82, 2.24) is 9.80 Å². The number of halogens is 2. The summed E-state index contributed by atoms with van der Waals surface area (Å²) in [5, 5.41) is 0. The van der Waals surface area contributed by atoms with Crippen molar-refractivity contribution in [1.29, 1.82) is 0 Å². The Kier molecular flexibility index (Phi) is 4.97. The molecule has 6 heteroatoms. The van der Waals surface area contributed by atoms with E-state index in [1.54, 1.807) is 4.90 Å². The molecule has 0 N–H and O–H groups in total. The van der Waals surface area contributed by atoms with Crippen LogP contribution >= 0.6 is 0 Å². The van der Waals surface area contributed by atoms with Crippen molar-refractivity contribution < 1.29 is 18.3 Å². The highest BCUT2D eigenvalue weighted by molar-refractivity contribution is 5.70. The molecule has 0 unspecified atom stereocenters. The van der Waals surface area contributed by atoms with Gasteiger partial charge in [0.15, 0.2) is 0 Å². The average molecular weight is 412 g/mol. The number of hydrogen-bond donors (Lipinski definition) is 0. The predicted molar refractivity (Wildman–Crippen MR) is 109 cm³/mol. The van der Waals surface area contributed by atoms with Crippen molar-refractivity contribution in [2.24, 2.45) is 5.41 Å². The summed E-state index contributed by atoms with van der Waals surface area (Å²) in [6.07, 6.45) is 3.43. The maximum Gasteiger partial charge on any atom is 0.410 e. The van der Waals surface area contributed by atoms with Gasteiger partial charge in [0.1, 0.15) is 11.6 Å². The number of ether oxygens (including phenoxy) is 1. The van der Waals surface area contributed by atoms with Gasteiger partial charge in [0, 0.05) is 23.6 Å². The fraction of sp³-hybridized carbons (Fsp3) is 0.458. The number of hydrogen-bond acceptors (Lipinski definition) is 3. The summed E-state index contributed by atoms with van der Waals surface area (Å²) >= 11 is 0. The minimum absolute atomic E-state index is 0.0781. The van der Waals surface area contributed by atoms with Crippen LogP contribution in [0.5, 0.6) is 0 Å². The molecule has 0 saturated carbocycles. The second kappa shape index (κ2) is 7.65. The van der Waals surface area contributed by atoms with E-state index in [1.807, 2.05) is 24.3 Å². The molecule has 4 heterocycles. The van der Waals surface area contributed by atoms with Crippen molar-refractivity contribution >= 4 is 6.09 Å². The van der Waals surface area contributed by atoms with E-state index in [9.17, 15) is 13.6 Å². The van der Waals surface area contributed by atoms with Crippen molar-refractivity contribution in [3.63, 3.8) is 0 Å².